The number of rotatable bonds is 9. The Hall–Kier alpha value is -4.59. The molecule has 14 heteroatoms. The van der Waals surface area contributed by atoms with Gasteiger partial charge in [-0.3, -0.25) is 5.43 Å². The monoisotopic (exact) mass is 550 g/mol. The third kappa shape index (κ3) is 9.46. The first kappa shape index (κ1) is 28.0. The summed E-state index contributed by atoms with van der Waals surface area (Å²) >= 11 is 5.11. The van der Waals surface area contributed by atoms with E-state index in [1.807, 2.05) is 0 Å². The van der Waals surface area contributed by atoms with Crippen LogP contribution in [0.1, 0.15) is 11.1 Å². The molecule has 0 radical (unpaired) electrons. The molecule has 38 heavy (non-hydrogen) atoms. The van der Waals surface area contributed by atoms with Gasteiger partial charge < -0.3 is 20.5 Å². The van der Waals surface area contributed by atoms with Gasteiger partial charge in [0.25, 0.3) is 0 Å². The number of nitrogens with two attached hydrogens (primary N) is 1. The van der Waals surface area contributed by atoms with Crippen LogP contribution in [-0.2, 0) is 0 Å². The zero-order chi connectivity index (χ0) is 27.5. The molecule has 0 aliphatic rings. The first-order valence-electron chi connectivity index (χ1n) is 10.5. The number of aliphatic imine (C=N–C) groups is 2. The number of hydrogen-bond donors (Lipinski definition) is 3. The number of thiocarbonyl (C=S) groups is 1. The predicted molar refractivity (Wildman–Crippen MR) is 138 cm³/mol. The lowest BCUT2D eigenvalue weighted by molar-refractivity contribution is -0.274. The van der Waals surface area contributed by atoms with Crippen LogP contribution in [0.5, 0.6) is 11.5 Å². The first-order chi connectivity index (χ1) is 18.1. The molecule has 3 aromatic carbocycles. The predicted octanol–water partition coefficient (Wildman–Crippen LogP) is 5.57. The highest BCUT2D eigenvalue weighted by Crippen LogP contribution is 2.26. The van der Waals surface area contributed by atoms with Crippen molar-refractivity contribution < 1.29 is 31.4 Å². The van der Waals surface area contributed by atoms with Gasteiger partial charge in [0.1, 0.15) is 23.7 Å². The zero-order valence-corrected chi connectivity index (χ0v) is 20.0. The number of hydrogen-bond acceptors (Lipinski definition) is 5. The van der Waals surface area contributed by atoms with Crippen LogP contribution in [-0.4, -0.2) is 36.5 Å². The molecule has 198 valence electrons. The minimum atomic E-state index is -4.77. The molecule has 0 unspecified atom stereocenters. The second-order valence-corrected chi connectivity index (χ2v) is 7.53. The van der Waals surface area contributed by atoms with Crippen molar-refractivity contribution in [3.05, 3.63) is 83.9 Å². The second kappa shape index (κ2) is 13.1. The number of amidine groups is 1. The van der Waals surface area contributed by atoms with E-state index in [4.69, 9.17) is 18.0 Å². The third-order valence-corrected chi connectivity index (χ3v) is 4.60. The zero-order valence-electron chi connectivity index (χ0n) is 19.2. The van der Waals surface area contributed by atoms with Gasteiger partial charge in [-0.05, 0) is 54.2 Å². The summed E-state index contributed by atoms with van der Waals surface area (Å²) in [7, 11) is 0. The van der Waals surface area contributed by atoms with Crippen molar-refractivity contribution in [1.29, 1.82) is 0 Å². The van der Waals surface area contributed by atoms with Crippen LogP contribution in [0.3, 0.4) is 0 Å². The van der Waals surface area contributed by atoms with Crippen molar-refractivity contribution in [3.8, 4) is 11.5 Å². The number of nitrogens with one attached hydrogen (secondary N) is 2. The molecule has 0 bridgehead atoms. The molecule has 0 aliphatic carbocycles. The molecule has 0 aliphatic heterocycles. The van der Waals surface area contributed by atoms with Crippen molar-refractivity contribution in [1.82, 2.24) is 5.43 Å². The highest BCUT2D eigenvalue weighted by atomic mass is 32.1. The fourth-order valence-corrected chi connectivity index (χ4v) is 2.95. The summed E-state index contributed by atoms with van der Waals surface area (Å²) in [5.74, 6) is -0.271. The van der Waals surface area contributed by atoms with Crippen LogP contribution in [0.15, 0.2) is 87.9 Å². The molecule has 0 saturated carbocycles. The van der Waals surface area contributed by atoms with Crippen molar-refractivity contribution in [2.75, 3.05) is 5.32 Å². The average molecular weight is 551 g/mol. The van der Waals surface area contributed by atoms with Gasteiger partial charge in [0.05, 0.1) is 17.6 Å². The molecule has 0 fully saturated rings. The van der Waals surface area contributed by atoms with Crippen LogP contribution in [0.4, 0.5) is 33.3 Å². The number of alkyl halides is 5. The Labute approximate surface area is 218 Å². The van der Waals surface area contributed by atoms with Gasteiger partial charge in [-0.2, -0.15) is 13.9 Å². The molecule has 0 amide bonds. The number of ether oxygens (including phenoxy) is 2. The standard InChI is InChI=1S/C24H19F5N6O2S/c25-22(26)36-20-4-2-1-3-19(20)34-23(38)35-33-13-15-5-7-16(8-6-15)21(30)32-14-31-17-9-11-18(12-10-17)37-24(27,28)29/h1-14,22H,(H2,30,31,32)(H2,34,35,38)/b33-13-. The number of anilines is 1. The number of halogens is 5. The molecule has 0 atom stereocenters. The quantitative estimate of drug-likeness (QED) is 0.106. The summed E-state index contributed by atoms with van der Waals surface area (Å²) in [6.07, 6.45) is -2.12. The van der Waals surface area contributed by atoms with Gasteiger partial charge in [-0.1, -0.05) is 36.4 Å². The number of benzene rings is 3. The molecular formula is C24H19F5N6O2S. The van der Waals surface area contributed by atoms with Gasteiger partial charge in [0.2, 0.25) is 0 Å². The Morgan fingerprint density at radius 3 is 2.32 bits per heavy atom. The van der Waals surface area contributed by atoms with Gasteiger partial charge in [0.15, 0.2) is 5.11 Å². The molecular weight excluding hydrogens is 531 g/mol. The summed E-state index contributed by atoms with van der Waals surface area (Å²) in [4.78, 5) is 8.03. The van der Waals surface area contributed by atoms with Crippen LogP contribution < -0.4 is 25.9 Å². The van der Waals surface area contributed by atoms with Gasteiger partial charge in [-0.25, -0.2) is 9.98 Å². The van der Waals surface area contributed by atoms with Crippen molar-refractivity contribution in [2.45, 2.75) is 13.0 Å². The Morgan fingerprint density at radius 2 is 1.66 bits per heavy atom. The fourth-order valence-electron chi connectivity index (χ4n) is 2.79. The normalized spacial score (nSPS) is 12.2. The van der Waals surface area contributed by atoms with Crippen LogP contribution in [0, 0.1) is 0 Å². The maximum Gasteiger partial charge on any atom is 0.573 e. The van der Waals surface area contributed by atoms with E-state index in [-0.39, 0.29) is 28.1 Å². The molecule has 0 aromatic heterocycles. The van der Waals surface area contributed by atoms with Gasteiger partial charge >= 0.3 is 13.0 Å². The van der Waals surface area contributed by atoms with Gasteiger partial charge in [0, 0.05) is 5.56 Å². The Morgan fingerprint density at radius 1 is 0.974 bits per heavy atom. The lowest BCUT2D eigenvalue weighted by Crippen LogP contribution is -2.24. The maximum absolute atomic E-state index is 12.5. The van der Waals surface area contributed by atoms with E-state index in [9.17, 15) is 22.0 Å². The van der Waals surface area contributed by atoms with E-state index >= 15 is 0 Å². The van der Waals surface area contributed by atoms with E-state index in [0.717, 1.165) is 12.1 Å². The summed E-state index contributed by atoms with van der Waals surface area (Å²) in [5, 5.41) is 6.77. The van der Waals surface area contributed by atoms with E-state index in [1.165, 1.54) is 36.8 Å². The minimum Gasteiger partial charge on any atom is -0.433 e. The lowest BCUT2D eigenvalue weighted by atomic mass is 10.1. The smallest absolute Gasteiger partial charge is 0.433 e. The molecule has 0 heterocycles. The molecule has 3 rings (SSSR count). The van der Waals surface area contributed by atoms with E-state index in [1.54, 1.807) is 36.4 Å². The Kier molecular flexibility index (Phi) is 9.65. The summed E-state index contributed by atoms with van der Waals surface area (Å²) in [5.41, 5.74) is 10.4. The van der Waals surface area contributed by atoms with Gasteiger partial charge in [-0.15, -0.1) is 13.2 Å². The number of hydrazone groups is 1. The number of para-hydroxylation sites is 2. The highest BCUT2D eigenvalue weighted by molar-refractivity contribution is 7.80. The van der Waals surface area contributed by atoms with Crippen LogP contribution in [0.25, 0.3) is 0 Å². The minimum absolute atomic E-state index is 0.0568. The molecule has 0 saturated heterocycles. The van der Waals surface area contributed by atoms with E-state index in [0.29, 0.717) is 16.8 Å². The second-order valence-electron chi connectivity index (χ2n) is 7.12. The Balaban J connectivity index is 1.52. The van der Waals surface area contributed by atoms with Crippen molar-refractivity contribution >= 4 is 47.1 Å². The van der Waals surface area contributed by atoms with E-state index < -0.39 is 13.0 Å². The van der Waals surface area contributed by atoms with Crippen molar-refractivity contribution in [2.24, 2.45) is 20.8 Å². The summed E-state index contributed by atoms with van der Waals surface area (Å²) in [6.45, 7) is -2.98. The third-order valence-electron chi connectivity index (χ3n) is 4.41. The van der Waals surface area contributed by atoms with Crippen LogP contribution in [0.2, 0.25) is 0 Å². The summed E-state index contributed by atoms with van der Waals surface area (Å²) < 4.78 is 69.9. The largest absolute Gasteiger partial charge is 0.573 e. The molecule has 8 nitrogen and oxygen atoms in total. The first-order valence-corrected chi connectivity index (χ1v) is 11.0. The SMILES string of the molecule is NC(=NC=Nc1ccc(OC(F)(F)F)cc1)c1ccc(/C=N\NC(=S)Nc2ccccc2OC(F)F)cc1. The molecule has 3 aromatic rings. The average Bonchev–Trinajstić information content (AvgIpc) is 2.85. The molecule has 4 N–H and O–H groups in total. The number of nitrogens with zero attached hydrogens (tertiary/aromatic N) is 3. The van der Waals surface area contributed by atoms with Crippen molar-refractivity contribution in [3.63, 3.8) is 0 Å². The Bertz CT molecular complexity index is 1310. The fraction of sp³-hybridized carbons (Fsp3) is 0.0833. The topological polar surface area (TPSA) is 106 Å². The van der Waals surface area contributed by atoms with E-state index in [2.05, 4.69) is 35.3 Å². The molecule has 0 spiro atoms. The van der Waals surface area contributed by atoms with Crippen LogP contribution >= 0.6 is 12.2 Å². The highest BCUT2D eigenvalue weighted by Gasteiger charge is 2.30. The lowest BCUT2D eigenvalue weighted by Gasteiger charge is -2.12. The maximum atomic E-state index is 12.5. The summed E-state index contributed by atoms with van der Waals surface area (Å²) in [6, 6.07) is 17.8.